The van der Waals surface area contributed by atoms with Crippen molar-refractivity contribution in [2.75, 3.05) is 13.1 Å². The van der Waals surface area contributed by atoms with E-state index in [1.165, 1.54) is 16.9 Å². The molecule has 2 aromatic heterocycles. The van der Waals surface area contributed by atoms with Crippen LogP contribution in [0.5, 0.6) is 0 Å². The molecule has 4 aromatic rings. The molecular weight excluding hydrogens is 468 g/mol. The van der Waals surface area contributed by atoms with Crippen molar-refractivity contribution in [3.05, 3.63) is 111 Å². The average Bonchev–Trinajstić information content (AvgIpc) is 3.54. The number of nitrogens with zero attached hydrogens (tertiary/aromatic N) is 3. The van der Waals surface area contributed by atoms with Crippen LogP contribution in [0.2, 0.25) is 0 Å². The Morgan fingerprint density at radius 1 is 1.03 bits per heavy atom. The lowest BCUT2D eigenvalue weighted by molar-refractivity contribution is 0.0738. The van der Waals surface area contributed by atoms with Gasteiger partial charge in [-0.1, -0.05) is 55.5 Å². The van der Waals surface area contributed by atoms with Gasteiger partial charge in [0.05, 0.1) is 13.1 Å². The molecule has 0 fully saturated rings. The van der Waals surface area contributed by atoms with Crippen LogP contribution in [-0.2, 0) is 19.5 Å². The maximum atomic E-state index is 13.3. The first-order valence-electron chi connectivity index (χ1n) is 12.3. The van der Waals surface area contributed by atoms with Gasteiger partial charge in [0.15, 0.2) is 0 Å². The van der Waals surface area contributed by atoms with Gasteiger partial charge < -0.3 is 14.8 Å². The van der Waals surface area contributed by atoms with Gasteiger partial charge in [0.25, 0.3) is 11.8 Å². The zero-order valence-corrected chi connectivity index (χ0v) is 21.6. The highest BCUT2D eigenvalue weighted by molar-refractivity contribution is 7.09. The van der Waals surface area contributed by atoms with Gasteiger partial charge in [0.1, 0.15) is 10.7 Å². The van der Waals surface area contributed by atoms with Crippen LogP contribution in [0, 0.1) is 6.92 Å². The normalized spacial score (nSPS) is 10.8. The minimum absolute atomic E-state index is 0.0476. The molecule has 2 amide bonds. The Morgan fingerprint density at radius 2 is 1.81 bits per heavy atom. The Hall–Kier alpha value is -3.71. The first-order chi connectivity index (χ1) is 17.5. The molecule has 7 heteroatoms. The summed E-state index contributed by atoms with van der Waals surface area (Å²) in [6.07, 6.45) is 3.66. The molecule has 0 saturated carbocycles. The van der Waals surface area contributed by atoms with Crippen LogP contribution < -0.4 is 5.32 Å². The van der Waals surface area contributed by atoms with Crippen LogP contribution >= 0.6 is 11.3 Å². The summed E-state index contributed by atoms with van der Waals surface area (Å²) in [4.78, 5) is 32.3. The summed E-state index contributed by atoms with van der Waals surface area (Å²) in [5.74, 6) is -0.106. The van der Waals surface area contributed by atoms with E-state index in [9.17, 15) is 9.59 Å². The van der Waals surface area contributed by atoms with Gasteiger partial charge in [0.2, 0.25) is 0 Å². The summed E-state index contributed by atoms with van der Waals surface area (Å²) >= 11 is 1.48. The minimum atomic E-state index is -0.154. The molecule has 0 radical (unpaired) electrons. The lowest BCUT2D eigenvalue weighted by Gasteiger charge is -2.24. The fraction of sp³-hybridized carbons (Fsp3) is 0.276. The molecule has 1 N–H and O–H groups in total. The minimum Gasteiger partial charge on any atom is -0.350 e. The van der Waals surface area contributed by atoms with Crippen molar-refractivity contribution in [1.82, 2.24) is 19.8 Å². The third kappa shape index (κ3) is 6.49. The van der Waals surface area contributed by atoms with E-state index in [4.69, 9.17) is 0 Å². The smallest absolute Gasteiger partial charge is 0.270 e. The fourth-order valence-corrected chi connectivity index (χ4v) is 4.91. The standard InChI is InChI=1S/C29H32N4O2S/c1-3-17-33(29(35)25-14-8-7-10-22(25)2)19-24-13-9-18-32(24)20-27-31-26(21-36-27)28(34)30-16-15-23-11-5-4-6-12-23/h4-14,18,21H,3,15-17,19-20H2,1-2H3,(H,30,34). The molecule has 0 spiro atoms. The molecule has 0 atom stereocenters. The zero-order valence-electron chi connectivity index (χ0n) is 20.8. The highest BCUT2D eigenvalue weighted by Gasteiger charge is 2.19. The summed E-state index contributed by atoms with van der Waals surface area (Å²) in [5, 5.41) is 5.62. The Morgan fingerprint density at radius 3 is 2.58 bits per heavy atom. The van der Waals surface area contributed by atoms with E-state index in [1.807, 2.05) is 72.6 Å². The number of thiazole rings is 1. The van der Waals surface area contributed by atoms with Gasteiger partial charge in [-0.15, -0.1) is 11.3 Å². The van der Waals surface area contributed by atoms with E-state index in [1.54, 1.807) is 5.38 Å². The van der Waals surface area contributed by atoms with Gasteiger partial charge in [0, 0.05) is 35.9 Å². The number of carbonyl (C=O) groups excluding carboxylic acids is 2. The molecule has 186 valence electrons. The predicted octanol–water partition coefficient (Wildman–Crippen LogP) is 5.33. The Labute approximate surface area is 216 Å². The van der Waals surface area contributed by atoms with E-state index in [2.05, 4.69) is 33.9 Å². The maximum absolute atomic E-state index is 13.3. The number of amides is 2. The number of benzene rings is 2. The van der Waals surface area contributed by atoms with Gasteiger partial charge in [-0.25, -0.2) is 4.98 Å². The molecule has 2 aromatic carbocycles. The second kappa shape index (κ2) is 12.3. The monoisotopic (exact) mass is 500 g/mol. The summed E-state index contributed by atoms with van der Waals surface area (Å²) < 4.78 is 2.10. The molecule has 0 aliphatic rings. The number of aryl methyl sites for hydroxylation is 1. The van der Waals surface area contributed by atoms with Gasteiger partial charge in [-0.3, -0.25) is 9.59 Å². The molecule has 6 nitrogen and oxygen atoms in total. The van der Waals surface area contributed by atoms with Crippen molar-refractivity contribution >= 4 is 23.2 Å². The van der Waals surface area contributed by atoms with Gasteiger partial charge >= 0.3 is 0 Å². The number of nitrogens with one attached hydrogen (secondary N) is 1. The van der Waals surface area contributed by atoms with Gasteiger partial charge in [-0.2, -0.15) is 0 Å². The number of carbonyl (C=O) groups is 2. The van der Waals surface area contributed by atoms with Crippen molar-refractivity contribution in [3.63, 3.8) is 0 Å². The van der Waals surface area contributed by atoms with Gasteiger partial charge in [-0.05, 0) is 49.1 Å². The first-order valence-corrected chi connectivity index (χ1v) is 13.2. The Bertz CT molecular complexity index is 1300. The second-order valence-corrected chi connectivity index (χ2v) is 9.73. The van der Waals surface area contributed by atoms with Crippen molar-refractivity contribution in [3.8, 4) is 0 Å². The number of aromatic nitrogens is 2. The van der Waals surface area contributed by atoms with Crippen LogP contribution in [0.3, 0.4) is 0 Å². The molecule has 0 bridgehead atoms. The summed E-state index contributed by atoms with van der Waals surface area (Å²) in [6.45, 7) is 6.38. The molecular formula is C29H32N4O2S. The number of rotatable bonds is 11. The Kier molecular flexibility index (Phi) is 8.68. The van der Waals surface area contributed by atoms with Crippen molar-refractivity contribution in [2.24, 2.45) is 0 Å². The highest BCUT2D eigenvalue weighted by Crippen LogP contribution is 2.17. The molecule has 0 unspecified atom stereocenters. The predicted molar refractivity (Wildman–Crippen MR) is 144 cm³/mol. The first kappa shape index (κ1) is 25.4. The third-order valence-electron chi connectivity index (χ3n) is 6.06. The molecule has 2 heterocycles. The van der Waals surface area contributed by atoms with E-state index in [0.717, 1.165) is 34.7 Å². The summed E-state index contributed by atoms with van der Waals surface area (Å²) in [6, 6.07) is 21.8. The number of hydrogen-bond acceptors (Lipinski definition) is 4. The largest absolute Gasteiger partial charge is 0.350 e. The van der Waals surface area contributed by atoms with Crippen LogP contribution in [0.4, 0.5) is 0 Å². The number of hydrogen-bond donors (Lipinski definition) is 1. The quantitative estimate of drug-likeness (QED) is 0.303. The van der Waals surface area contributed by atoms with Crippen LogP contribution in [0.1, 0.15) is 56.0 Å². The van der Waals surface area contributed by atoms with Crippen LogP contribution in [-0.4, -0.2) is 39.4 Å². The third-order valence-corrected chi connectivity index (χ3v) is 6.90. The van der Waals surface area contributed by atoms with E-state index in [-0.39, 0.29) is 11.8 Å². The highest BCUT2D eigenvalue weighted by atomic mass is 32.1. The van der Waals surface area contributed by atoms with E-state index < -0.39 is 0 Å². The molecule has 0 aliphatic carbocycles. The van der Waals surface area contributed by atoms with E-state index >= 15 is 0 Å². The van der Waals surface area contributed by atoms with Crippen LogP contribution in [0.15, 0.2) is 78.3 Å². The molecule has 0 saturated heterocycles. The second-order valence-electron chi connectivity index (χ2n) is 8.79. The average molecular weight is 501 g/mol. The maximum Gasteiger partial charge on any atom is 0.270 e. The van der Waals surface area contributed by atoms with Crippen molar-refractivity contribution < 1.29 is 9.59 Å². The van der Waals surface area contributed by atoms with Crippen molar-refractivity contribution in [2.45, 2.75) is 39.8 Å². The van der Waals surface area contributed by atoms with Crippen molar-refractivity contribution in [1.29, 1.82) is 0 Å². The lowest BCUT2D eigenvalue weighted by atomic mass is 10.1. The molecule has 4 rings (SSSR count). The summed E-state index contributed by atoms with van der Waals surface area (Å²) in [7, 11) is 0. The SMILES string of the molecule is CCCN(Cc1cccn1Cc1nc(C(=O)NCCc2ccccc2)cs1)C(=O)c1ccccc1C. The zero-order chi connectivity index (χ0) is 25.3. The molecule has 0 aliphatic heterocycles. The topological polar surface area (TPSA) is 67.2 Å². The fourth-order valence-electron chi connectivity index (χ4n) is 4.14. The van der Waals surface area contributed by atoms with Crippen LogP contribution in [0.25, 0.3) is 0 Å². The molecule has 36 heavy (non-hydrogen) atoms. The van der Waals surface area contributed by atoms with E-state index in [0.29, 0.717) is 31.9 Å². The lowest BCUT2D eigenvalue weighted by Crippen LogP contribution is -2.32. The summed E-state index contributed by atoms with van der Waals surface area (Å²) in [5.41, 5.74) is 4.40. The Balaban J connectivity index is 1.38.